The van der Waals surface area contributed by atoms with Gasteiger partial charge in [-0.15, -0.1) is 0 Å². The molecule has 0 saturated carbocycles. The van der Waals surface area contributed by atoms with E-state index in [1.165, 1.54) is 0 Å². The molecule has 1 aromatic carbocycles. The lowest BCUT2D eigenvalue weighted by atomic mass is 10.3. The Hall–Kier alpha value is -1.23. The fourth-order valence-electron chi connectivity index (χ4n) is 1.50. The van der Waals surface area contributed by atoms with E-state index >= 15 is 0 Å². The highest BCUT2D eigenvalue weighted by atomic mass is 35.5. The number of hydrogen-bond acceptors (Lipinski definition) is 4. The Morgan fingerprint density at radius 2 is 2.16 bits per heavy atom. The van der Waals surface area contributed by atoms with Gasteiger partial charge >= 0.3 is 0 Å². The van der Waals surface area contributed by atoms with Gasteiger partial charge in [-0.05, 0) is 18.7 Å². The molecule has 0 spiro atoms. The quantitative estimate of drug-likeness (QED) is 0.884. The maximum absolute atomic E-state index is 6.00. The summed E-state index contributed by atoms with van der Waals surface area (Å²) in [5.41, 5.74) is 0.845. The maximum atomic E-state index is 6.00. The van der Waals surface area contributed by atoms with Crippen LogP contribution in [0.15, 0.2) is 28.8 Å². The summed E-state index contributed by atoms with van der Waals surface area (Å²) >= 11 is 11.9. The second-order valence-electron chi connectivity index (χ2n) is 3.93. The van der Waals surface area contributed by atoms with Gasteiger partial charge in [0.2, 0.25) is 0 Å². The molecule has 0 radical (unpaired) electrons. The predicted molar refractivity (Wildman–Crippen MR) is 74.7 cm³/mol. The summed E-state index contributed by atoms with van der Waals surface area (Å²) < 4.78 is 10.7. The van der Waals surface area contributed by atoms with E-state index in [1.807, 2.05) is 13.0 Å². The van der Waals surface area contributed by atoms with Gasteiger partial charge in [-0.2, -0.15) is 0 Å². The molecule has 2 aromatic rings. The summed E-state index contributed by atoms with van der Waals surface area (Å²) in [5.74, 6) is 1.17. The standard InChI is InChI=1S/C13H14Cl2N2O2/c1-2-16-7-10-6-11(19-17-10)8-18-13-5-9(14)3-4-12(13)15/h3-6,16H,2,7-8H2,1H3. The van der Waals surface area contributed by atoms with E-state index in [2.05, 4.69) is 10.5 Å². The molecule has 2 rings (SSSR count). The number of ether oxygens (including phenoxy) is 1. The molecule has 0 amide bonds. The smallest absolute Gasteiger partial charge is 0.174 e. The number of rotatable bonds is 6. The van der Waals surface area contributed by atoms with Crippen LogP contribution < -0.4 is 10.1 Å². The Morgan fingerprint density at radius 3 is 2.95 bits per heavy atom. The molecule has 102 valence electrons. The predicted octanol–water partition coefficient (Wildman–Crippen LogP) is 3.67. The average Bonchev–Trinajstić information content (AvgIpc) is 2.85. The van der Waals surface area contributed by atoms with Crippen LogP contribution in [0, 0.1) is 0 Å². The van der Waals surface area contributed by atoms with Crippen molar-refractivity contribution in [1.29, 1.82) is 0 Å². The minimum absolute atomic E-state index is 0.263. The molecule has 0 aliphatic rings. The van der Waals surface area contributed by atoms with Crippen LogP contribution in [-0.2, 0) is 13.2 Å². The third-order valence-corrected chi connectivity index (χ3v) is 2.97. The number of nitrogens with one attached hydrogen (secondary N) is 1. The summed E-state index contributed by atoms with van der Waals surface area (Å²) in [5, 5.41) is 8.18. The Balaban J connectivity index is 1.94. The zero-order valence-electron chi connectivity index (χ0n) is 10.5. The number of aromatic nitrogens is 1. The maximum Gasteiger partial charge on any atom is 0.174 e. The van der Waals surface area contributed by atoms with Crippen molar-refractivity contribution in [1.82, 2.24) is 10.5 Å². The van der Waals surface area contributed by atoms with Crippen LogP contribution in [0.5, 0.6) is 5.75 Å². The molecule has 6 heteroatoms. The van der Waals surface area contributed by atoms with Gasteiger partial charge in [0.1, 0.15) is 12.4 Å². The van der Waals surface area contributed by atoms with Gasteiger partial charge in [-0.3, -0.25) is 0 Å². The number of hydrogen-bond donors (Lipinski definition) is 1. The van der Waals surface area contributed by atoms with Crippen LogP contribution in [0.4, 0.5) is 0 Å². The monoisotopic (exact) mass is 300 g/mol. The molecule has 1 aromatic heterocycles. The van der Waals surface area contributed by atoms with Crippen molar-refractivity contribution < 1.29 is 9.26 Å². The molecule has 0 aliphatic carbocycles. The highest BCUT2D eigenvalue weighted by Crippen LogP contribution is 2.28. The van der Waals surface area contributed by atoms with Crippen LogP contribution >= 0.6 is 23.2 Å². The third kappa shape index (κ3) is 4.13. The summed E-state index contributed by atoms with van der Waals surface area (Å²) in [6.07, 6.45) is 0. The molecule has 0 unspecified atom stereocenters. The molecule has 19 heavy (non-hydrogen) atoms. The van der Waals surface area contributed by atoms with Gasteiger partial charge < -0.3 is 14.6 Å². The van der Waals surface area contributed by atoms with Crippen molar-refractivity contribution in [2.24, 2.45) is 0 Å². The van der Waals surface area contributed by atoms with Crippen molar-refractivity contribution in [3.8, 4) is 5.75 Å². The van der Waals surface area contributed by atoms with Gasteiger partial charge in [-0.1, -0.05) is 35.3 Å². The van der Waals surface area contributed by atoms with Crippen LogP contribution in [0.1, 0.15) is 18.4 Å². The average molecular weight is 301 g/mol. The van der Waals surface area contributed by atoms with Crippen molar-refractivity contribution in [2.45, 2.75) is 20.1 Å². The molecule has 0 aliphatic heterocycles. The molecular formula is C13H14Cl2N2O2. The highest BCUT2D eigenvalue weighted by Gasteiger charge is 2.07. The summed E-state index contributed by atoms with van der Waals surface area (Å²) in [4.78, 5) is 0. The fraction of sp³-hybridized carbons (Fsp3) is 0.308. The van der Waals surface area contributed by atoms with Crippen molar-refractivity contribution >= 4 is 23.2 Å². The first-order valence-electron chi connectivity index (χ1n) is 5.92. The lowest BCUT2D eigenvalue weighted by Gasteiger charge is -2.05. The van der Waals surface area contributed by atoms with Gasteiger partial charge in [-0.25, -0.2) is 0 Å². The fourth-order valence-corrected chi connectivity index (χ4v) is 1.83. The molecule has 4 nitrogen and oxygen atoms in total. The first-order valence-corrected chi connectivity index (χ1v) is 6.67. The van der Waals surface area contributed by atoms with Gasteiger partial charge in [0.05, 0.1) is 10.7 Å². The van der Waals surface area contributed by atoms with Crippen molar-refractivity contribution in [3.63, 3.8) is 0 Å². The Morgan fingerprint density at radius 1 is 1.32 bits per heavy atom. The Bertz CT molecular complexity index is 543. The molecule has 0 atom stereocenters. The normalized spacial score (nSPS) is 10.7. The molecular weight excluding hydrogens is 287 g/mol. The second kappa shape index (κ2) is 6.80. The van der Waals surface area contributed by atoms with E-state index in [4.69, 9.17) is 32.5 Å². The lowest BCUT2D eigenvalue weighted by molar-refractivity contribution is 0.248. The molecule has 0 saturated heterocycles. The third-order valence-electron chi connectivity index (χ3n) is 2.43. The summed E-state index contributed by atoms with van der Waals surface area (Å²) in [6, 6.07) is 6.91. The van der Waals surface area contributed by atoms with E-state index in [-0.39, 0.29) is 6.61 Å². The van der Waals surface area contributed by atoms with E-state index in [0.29, 0.717) is 28.1 Å². The zero-order valence-corrected chi connectivity index (χ0v) is 12.0. The largest absolute Gasteiger partial charge is 0.484 e. The summed E-state index contributed by atoms with van der Waals surface area (Å²) in [6.45, 7) is 3.86. The van der Waals surface area contributed by atoms with Crippen LogP contribution in [-0.4, -0.2) is 11.7 Å². The van der Waals surface area contributed by atoms with E-state index in [9.17, 15) is 0 Å². The lowest BCUT2D eigenvalue weighted by Crippen LogP contribution is -2.11. The first-order chi connectivity index (χ1) is 9.19. The molecule has 0 fully saturated rings. The van der Waals surface area contributed by atoms with Crippen LogP contribution in [0.2, 0.25) is 10.0 Å². The molecule has 0 bridgehead atoms. The first kappa shape index (κ1) is 14.2. The minimum Gasteiger partial charge on any atom is -0.484 e. The minimum atomic E-state index is 0.263. The van der Waals surface area contributed by atoms with E-state index in [0.717, 1.165) is 12.2 Å². The molecule has 1 heterocycles. The second-order valence-corrected chi connectivity index (χ2v) is 4.77. The van der Waals surface area contributed by atoms with Crippen LogP contribution in [0.3, 0.4) is 0 Å². The van der Waals surface area contributed by atoms with Gasteiger partial charge in [0, 0.05) is 23.7 Å². The van der Waals surface area contributed by atoms with Gasteiger partial charge in [0.25, 0.3) is 0 Å². The molecule has 1 N–H and O–H groups in total. The zero-order chi connectivity index (χ0) is 13.7. The van der Waals surface area contributed by atoms with Crippen molar-refractivity contribution in [3.05, 3.63) is 45.8 Å². The SMILES string of the molecule is CCNCc1cc(COc2cc(Cl)ccc2Cl)on1. The number of halogens is 2. The van der Waals surface area contributed by atoms with E-state index in [1.54, 1.807) is 18.2 Å². The highest BCUT2D eigenvalue weighted by molar-refractivity contribution is 6.34. The van der Waals surface area contributed by atoms with Crippen molar-refractivity contribution in [2.75, 3.05) is 6.54 Å². The van der Waals surface area contributed by atoms with Gasteiger partial charge in [0.15, 0.2) is 5.76 Å². The Kier molecular flexibility index (Phi) is 5.07. The number of benzene rings is 1. The number of nitrogens with zero attached hydrogens (tertiary/aromatic N) is 1. The topological polar surface area (TPSA) is 47.3 Å². The summed E-state index contributed by atoms with van der Waals surface area (Å²) in [7, 11) is 0. The van der Waals surface area contributed by atoms with E-state index < -0.39 is 0 Å². The Labute approximate surface area is 121 Å². The van der Waals surface area contributed by atoms with Crippen LogP contribution in [0.25, 0.3) is 0 Å².